The molecule has 0 amide bonds. The van der Waals surface area contributed by atoms with Gasteiger partial charge in [0.1, 0.15) is 4.75 Å². The first kappa shape index (κ1) is 28.3. The van der Waals surface area contributed by atoms with Crippen molar-refractivity contribution in [2.24, 2.45) is 0 Å². The lowest BCUT2D eigenvalue weighted by Gasteiger charge is -2.36. The van der Waals surface area contributed by atoms with Crippen LogP contribution in [0.2, 0.25) is 0 Å². The second-order valence-corrected chi connectivity index (χ2v) is 12.8. The highest BCUT2D eigenvalue weighted by Crippen LogP contribution is 2.68. The number of benzene rings is 5. The molecule has 0 saturated heterocycles. The molecule has 0 unspecified atom stereocenters. The van der Waals surface area contributed by atoms with Gasteiger partial charge in [-0.1, -0.05) is 162 Å². The monoisotopic (exact) mass is 598 g/mol. The van der Waals surface area contributed by atoms with Crippen LogP contribution in [-0.2, 0) is 9.48 Å². The van der Waals surface area contributed by atoms with Crippen LogP contribution in [0.15, 0.2) is 152 Å². The predicted octanol–water partition coefficient (Wildman–Crippen LogP) is 10.8. The van der Waals surface area contributed by atoms with Crippen LogP contribution in [0.25, 0.3) is 22.3 Å². The van der Waals surface area contributed by atoms with Gasteiger partial charge in [-0.2, -0.15) is 0 Å². The van der Waals surface area contributed by atoms with E-state index in [0.29, 0.717) is 11.0 Å². The predicted molar refractivity (Wildman–Crippen MR) is 187 cm³/mol. The Morgan fingerprint density at radius 1 is 0.548 bits per heavy atom. The van der Waals surface area contributed by atoms with Crippen LogP contribution < -0.4 is 0 Å². The van der Waals surface area contributed by atoms with Crippen molar-refractivity contribution in [1.82, 2.24) is 0 Å². The van der Waals surface area contributed by atoms with E-state index in [1.54, 1.807) is 21.6 Å². The Bertz CT molecular complexity index is 1610. The molecule has 0 bridgehead atoms. The molecule has 1 nitrogen and oxygen atoms in total. The number of hydrogen-bond donors (Lipinski definition) is 0. The van der Waals surface area contributed by atoms with Crippen LogP contribution in [0.3, 0.4) is 0 Å². The van der Waals surface area contributed by atoms with Gasteiger partial charge in [-0.15, -0.1) is 0 Å². The molecule has 6 rings (SSSR count). The van der Waals surface area contributed by atoms with Gasteiger partial charge in [-0.25, -0.2) is 0 Å². The number of hydrogen-bond acceptors (Lipinski definition) is 4. The molecule has 0 N–H and O–H groups in total. The number of allylic oxidation sites excluding steroid dienone is 2. The van der Waals surface area contributed by atoms with Crippen LogP contribution in [0.1, 0.15) is 34.7 Å². The normalized spacial score (nSPS) is 14.2. The number of ether oxygens (including phenoxy) is 1. The summed E-state index contributed by atoms with van der Waals surface area (Å²) in [7, 11) is 3.31. The van der Waals surface area contributed by atoms with Crippen molar-refractivity contribution in [3.05, 3.63) is 179 Å². The molecule has 0 radical (unpaired) electrons. The molecule has 206 valence electrons. The van der Waals surface area contributed by atoms with Crippen molar-refractivity contribution in [3.63, 3.8) is 0 Å². The third kappa shape index (κ3) is 5.38. The molecule has 5 aromatic rings. The molecule has 1 aliphatic rings. The zero-order valence-corrected chi connectivity index (χ0v) is 25.7. The minimum Gasteiger partial charge on any atom is -0.478 e. The maximum Gasteiger partial charge on any atom is 0.230 e. The van der Waals surface area contributed by atoms with Gasteiger partial charge in [0, 0.05) is 0 Å². The molecule has 0 fully saturated rings. The molecular formula is C38H30OS3. The van der Waals surface area contributed by atoms with Gasteiger partial charge in [-0.05, 0) is 80.0 Å². The number of rotatable bonds is 8. The lowest BCUT2D eigenvalue weighted by Crippen LogP contribution is -2.24. The van der Waals surface area contributed by atoms with Gasteiger partial charge < -0.3 is 4.74 Å². The summed E-state index contributed by atoms with van der Waals surface area (Å²) in [6.07, 6.45) is 0. The second-order valence-electron chi connectivity index (χ2n) is 9.86. The molecule has 4 heteroatoms. The molecule has 42 heavy (non-hydrogen) atoms. The smallest absolute Gasteiger partial charge is 0.230 e. The number of thiocarbonyl (C=S) groups is 1. The average Bonchev–Trinajstić information content (AvgIpc) is 3.38. The van der Waals surface area contributed by atoms with E-state index in [1.165, 1.54) is 50.1 Å². The molecule has 1 aliphatic carbocycles. The summed E-state index contributed by atoms with van der Waals surface area (Å²) in [5.74, 6) is 0. The lowest BCUT2D eigenvalue weighted by atomic mass is 9.80. The Balaban J connectivity index is 1.81. The van der Waals surface area contributed by atoms with Crippen molar-refractivity contribution < 1.29 is 4.74 Å². The zero-order valence-electron chi connectivity index (χ0n) is 23.3. The van der Waals surface area contributed by atoms with Crippen LogP contribution >= 0.6 is 33.8 Å². The van der Waals surface area contributed by atoms with Crippen molar-refractivity contribution >= 4 is 60.5 Å². The largest absolute Gasteiger partial charge is 0.478 e. The van der Waals surface area contributed by atoms with E-state index in [4.69, 9.17) is 17.0 Å². The third-order valence-corrected chi connectivity index (χ3v) is 10.8. The van der Waals surface area contributed by atoms with E-state index in [0.717, 1.165) is 0 Å². The van der Waals surface area contributed by atoms with Crippen molar-refractivity contribution in [2.45, 2.75) is 11.7 Å². The molecular weight excluding hydrogens is 569 g/mol. The first-order chi connectivity index (χ1) is 20.7. The summed E-state index contributed by atoms with van der Waals surface area (Å²) in [6, 6.07) is 54.1. The average molecular weight is 599 g/mol. The highest BCUT2D eigenvalue weighted by atomic mass is 33.1. The topological polar surface area (TPSA) is 9.23 Å². The molecule has 0 aromatic heterocycles. The second kappa shape index (κ2) is 13.0. The third-order valence-electron chi connectivity index (χ3n) is 7.38. The summed E-state index contributed by atoms with van der Waals surface area (Å²) >= 11 is 5.73. The Labute approximate surface area is 261 Å². The minimum absolute atomic E-state index is 0.534. The summed E-state index contributed by atoms with van der Waals surface area (Å²) in [4.78, 5) is 0. The summed E-state index contributed by atoms with van der Waals surface area (Å²) in [6.45, 7) is 2.52. The quantitative estimate of drug-likeness (QED) is 0.130. The van der Waals surface area contributed by atoms with E-state index in [1.807, 2.05) is 6.92 Å². The van der Waals surface area contributed by atoms with E-state index in [2.05, 4.69) is 152 Å². The standard InChI is InChI=1S/C38H30OS3/c1-2-39-37(40)41-42-38(32-26-16-7-17-27-32)35(30-22-12-5-13-23-30)33(28-18-8-3-9-19-28)34(29-20-10-4-11-21-29)36(38)31-24-14-6-15-25-31/h3-27H,2H2,1H3. The van der Waals surface area contributed by atoms with Crippen LogP contribution in [0, 0.1) is 0 Å². The van der Waals surface area contributed by atoms with E-state index >= 15 is 0 Å². The fourth-order valence-electron chi connectivity index (χ4n) is 5.75. The van der Waals surface area contributed by atoms with Crippen molar-refractivity contribution in [1.29, 1.82) is 0 Å². The molecule has 0 atom stereocenters. The summed E-state index contributed by atoms with van der Waals surface area (Å²) in [5.41, 5.74) is 10.9. The molecule has 0 saturated carbocycles. The van der Waals surface area contributed by atoms with Gasteiger partial charge in [0.25, 0.3) is 0 Å². The van der Waals surface area contributed by atoms with Gasteiger partial charge in [0.05, 0.1) is 6.61 Å². The van der Waals surface area contributed by atoms with Crippen molar-refractivity contribution in [3.8, 4) is 0 Å². The summed E-state index contributed by atoms with van der Waals surface area (Å²) < 4.78 is 5.74. The van der Waals surface area contributed by atoms with Gasteiger partial charge in [0.15, 0.2) is 0 Å². The Morgan fingerprint density at radius 2 is 0.905 bits per heavy atom. The molecule has 0 aliphatic heterocycles. The fourth-order valence-corrected chi connectivity index (χ4v) is 8.88. The summed E-state index contributed by atoms with van der Waals surface area (Å²) in [5, 5.41) is 0. The van der Waals surface area contributed by atoms with Crippen LogP contribution in [0.4, 0.5) is 0 Å². The van der Waals surface area contributed by atoms with E-state index in [-0.39, 0.29) is 0 Å². The SMILES string of the molecule is CCOC(=S)SSC1(c2ccccc2)C(c2ccccc2)=C(c2ccccc2)C(c2ccccc2)=C1c1ccccc1. The molecule has 0 heterocycles. The van der Waals surface area contributed by atoms with Crippen molar-refractivity contribution in [2.75, 3.05) is 6.61 Å². The molecule has 5 aromatic carbocycles. The van der Waals surface area contributed by atoms with Gasteiger partial charge >= 0.3 is 0 Å². The van der Waals surface area contributed by atoms with Gasteiger partial charge in [-0.3, -0.25) is 0 Å². The minimum atomic E-state index is -0.619. The Kier molecular flexibility index (Phi) is 8.76. The zero-order chi connectivity index (χ0) is 28.8. The first-order valence-electron chi connectivity index (χ1n) is 14.0. The Hall–Kier alpha value is -3.83. The van der Waals surface area contributed by atoms with Crippen LogP contribution in [0.5, 0.6) is 0 Å². The van der Waals surface area contributed by atoms with Gasteiger partial charge in [0.2, 0.25) is 4.38 Å². The maximum absolute atomic E-state index is 5.83. The Morgan fingerprint density at radius 3 is 1.29 bits per heavy atom. The highest BCUT2D eigenvalue weighted by molar-refractivity contribution is 8.84. The van der Waals surface area contributed by atoms with E-state index in [9.17, 15) is 0 Å². The molecule has 0 spiro atoms. The van der Waals surface area contributed by atoms with Crippen LogP contribution in [-0.4, -0.2) is 11.0 Å². The first-order valence-corrected chi connectivity index (χ1v) is 16.6. The fraction of sp³-hybridized carbons (Fsp3) is 0.0789. The maximum atomic E-state index is 5.83. The van der Waals surface area contributed by atoms with E-state index < -0.39 is 4.75 Å². The highest BCUT2D eigenvalue weighted by Gasteiger charge is 2.51. The lowest BCUT2D eigenvalue weighted by molar-refractivity contribution is 0.346.